The molecule has 1 aliphatic rings. The molecule has 30 heavy (non-hydrogen) atoms. The van der Waals surface area contributed by atoms with Crippen LogP contribution in [0.5, 0.6) is 0 Å². The summed E-state index contributed by atoms with van der Waals surface area (Å²) in [6.07, 6.45) is 5.31. The predicted octanol–water partition coefficient (Wildman–Crippen LogP) is 7.32. The van der Waals surface area contributed by atoms with E-state index in [2.05, 4.69) is 69.4 Å². The Morgan fingerprint density at radius 3 is 2.43 bits per heavy atom. The standard InChI is InChI=1S/C27H29FN2/c1-17(2)9-14-22-25(19-10-12-20(28)13-11-19)23-15-16-29-24-8-6-5-7-21(24)27(23)30-26(22)18(3)4/h5-14,17-18,29H,15-16H2,1-4H3/b14-9+. The fourth-order valence-corrected chi connectivity index (χ4v) is 4.13. The molecule has 0 bridgehead atoms. The minimum absolute atomic E-state index is 0.214. The summed E-state index contributed by atoms with van der Waals surface area (Å²) >= 11 is 0. The number of anilines is 1. The number of allylic oxidation sites excluding steroid dienone is 1. The van der Waals surface area contributed by atoms with E-state index in [0.29, 0.717) is 5.92 Å². The molecule has 4 rings (SSSR count). The molecule has 2 heterocycles. The number of benzene rings is 2. The fraction of sp³-hybridized carbons (Fsp3) is 0.296. The van der Waals surface area contributed by atoms with Crippen molar-refractivity contribution in [2.75, 3.05) is 11.9 Å². The number of pyridine rings is 1. The minimum atomic E-state index is -0.214. The van der Waals surface area contributed by atoms with Gasteiger partial charge in [0.25, 0.3) is 0 Å². The van der Waals surface area contributed by atoms with Crippen molar-refractivity contribution in [3.8, 4) is 22.4 Å². The molecule has 3 heteroatoms. The normalized spacial score (nSPS) is 13.3. The van der Waals surface area contributed by atoms with Gasteiger partial charge in [-0.2, -0.15) is 0 Å². The molecule has 1 aliphatic heterocycles. The van der Waals surface area contributed by atoms with Gasteiger partial charge in [-0.1, -0.05) is 70.2 Å². The average Bonchev–Trinajstić information content (AvgIpc) is 2.91. The summed E-state index contributed by atoms with van der Waals surface area (Å²) in [6, 6.07) is 15.3. The van der Waals surface area contributed by atoms with Crippen molar-refractivity contribution in [3.63, 3.8) is 0 Å². The lowest BCUT2D eigenvalue weighted by atomic mass is 9.86. The molecule has 0 saturated carbocycles. The summed E-state index contributed by atoms with van der Waals surface area (Å²) in [4.78, 5) is 5.23. The zero-order valence-electron chi connectivity index (χ0n) is 18.2. The van der Waals surface area contributed by atoms with Gasteiger partial charge in [-0.3, -0.25) is 4.98 Å². The number of halogens is 1. The second-order valence-electron chi connectivity index (χ2n) is 8.60. The predicted molar refractivity (Wildman–Crippen MR) is 125 cm³/mol. The van der Waals surface area contributed by atoms with Gasteiger partial charge in [0.05, 0.1) is 11.4 Å². The van der Waals surface area contributed by atoms with Gasteiger partial charge in [0, 0.05) is 23.4 Å². The van der Waals surface area contributed by atoms with Crippen LogP contribution in [-0.4, -0.2) is 11.5 Å². The molecule has 0 fully saturated rings. The Hall–Kier alpha value is -2.94. The Balaban J connectivity index is 2.09. The van der Waals surface area contributed by atoms with Crippen molar-refractivity contribution in [1.82, 2.24) is 4.98 Å². The molecular formula is C27H29FN2. The highest BCUT2D eigenvalue weighted by Gasteiger charge is 2.24. The van der Waals surface area contributed by atoms with Crippen molar-refractivity contribution >= 4 is 11.8 Å². The molecule has 3 aromatic rings. The Labute approximate surface area is 178 Å². The maximum Gasteiger partial charge on any atom is 0.123 e. The summed E-state index contributed by atoms with van der Waals surface area (Å²) in [5.41, 5.74) is 8.99. The zero-order chi connectivity index (χ0) is 21.3. The molecule has 0 saturated heterocycles. The van der Waals surface area contributed by atoms with Crippen LogP contribution in [0.2, 0.25) is 0 Å². The lowest BCUT2D eigenvalue weighted by molar-refractivity contribution is 0.628. The summed E-state index contributed by atoms with van der Waals surface area (Å²) in [5.74, 6) is 0.492. The first-order chi connectivity index (χ1) is 14.5. The van der Waals surface area contributed by atoms with Gasteiger partial charge in [-0.25, -0.2) is 4.39 Å². The van der Waals surface area contributed by atoms with Crippen molar-refractivity contribution in [1.29, 1.82) is 0 Å². The van der Waals surface area contributed by atoms with Crippen molar-refractivity contribution < 1.29 is 4.39 Å². The van der Waals surface area contributed by atoms with E-state index in [9.17, 15) is 4.39 Å². The van der Waals surface area contributed by atoms with Gasteiger partial charge >= 0.3 is 0 Å². The summed E-state index contributed by atoms with van der Waals surface area (Å²) in [7, 11) is 0. The topological polar surface area (TPSA) is 24.9 Å². The second-order valence-corrected chi connectivity index (χ2v) is 8.60. The van der Waals surface area contributed by atoms with E-state index in [-0.39, 0.29) is 11.7 Å². The third-order valence-electron chi connectivity index (χ3n) is 5.57. The van der Waals surface area contributed by atoms with Gasteiger partial charge in [0.15, 0.2) is 0 Å². The average molecular weight is 401 g/mol. The first-order valence-corrected chi connectivity index (χ1v) is 10.8. The van der Waals surface area contributed by atoms with Crippen LogP contribution < -0.4 is 5.32 Å². The van der Waals surface area contributed by atoms with E-state index in [0.717, 1.165) is 46.7 Å². The minimum Gasteiger partial charge on any atom is -0.384 e. The Morgan fingerprint density at radius 2 is 1.73 bits per heavy atom. The van der Waals surface area contributed by atoms with Crippen LogP contribution in [-0.2, 0) is 6.42 Å². The van der Waals surface area contributed by atoms with Gasteiger partial charge in [0.2, 0.25) is 0 Å². The van der Waals surface area contributed by atoms with Gasteiger partial charge < -0.3 is 5.32 Å². The summed E-state index contributed by atoms with van der Waals surface area (Å²) in [6.45, 7) is 9.59. The Morgan fingerprint density at radius 1 is 1.00 bits per heavy atom. The monoisotopic (exact) mass is 400 g/mol. The number of hydrogen-bond acceptors (Lipinski definition) is 2. The lowest BCUT2D eigenvalue weighted by Gasteiger charge is -2.21. The Kier molecular flexibility index (Phi) is 5.72. The number of nitrogens with zero attached hydrogens (tertiary/aromatic N) is 1. The number of fused-ring (bicyclic) bond motifs is 3. The highest BCUT2D eigenvalue weighted by Crippen LogP contribution is 2.42. The first kappa shape index (κ1) is 20.3. The largest absolute Gasteiger partial charge is 0.384 e. The molecule has 2 aromatic carbocycles. The number of rotatable bonds is 4. The Bertz CT molecular complexity index is 1080. The number of para-hydroxylation sites is 1. The first-order valence-electron chi connectivity index (χ1n) is 10.8. The SMILES string of the molecule is CC(C)/C=C/c1c(C(C)C)nc2c(c1-c1ccc(F)cc1)CCNc1ccccc1-2. The van der Waals surface area contributed by atoms with Crippen molar-refractivity contribution in [2.24, 2.45) is 5.92 Å². The molecule has 1 N–H and O–H groups in total. The number of aromatic nitrogens is 1. The number of nitrogens with one attached hydrogen (secondary N) is 1. The summed E-state index contributed by atoms with van der Waals surface area (Å²) < 4.78 is 13.7. The summed E-state index contributed by atoms with van der Waals surface area (Å²) in [5, 5.41) is 3.56. The van der Waals surface area contributed by atoms with Crippen LogP contribution in [0.25, 0.3) is 28.5 Å². The maximum absolute atomic E-state index is 13.7. The van der Waals surface area contributed by atoms with Crippen LogP contribution in [0.4, 0.5) is 10.1 Å². The lowest BCUT2D eigenvalue weighted by Crippen LogP contribution is -2.08. The smallest absolute Gasteiger partial charge is 0.123 e. The van der Waals surface area contributed by atoms with E-state index in [4.69, 9.17) is 4.98 Å². The van der Waals surface area contributed by atoms with E-state index < -0.39 is 0 Å². The van der Waals surface area contributed by atoms with Crippen LogP contribution >= 0.6 is 0 Å². The fourth-order valence-electron chi connectivity index (χ4n) is 4.13. The maximum atomic E-state index is 13.7. The van der Waals surface area contributed by atoms with Crippen molar-refractivity contribution in [2.45, 2.75) is 40.0 Å². The van der Waals surface area contributed by atoms with Crippen molar-refractivity contribution in [3.05, 3.63) is 77.2 Å². The molecule has 0 spiro atoms. The van der Waals surface area contributed by atoms with Crippen LogP contribution in [0, 0.1) is 11.7 Å². The third kappa shape index (κ3) is 3.89. The molecule has 154 valence electrons. The van der Waals surface area contributed by atoms with E-state index in [1.165, 1.54) is 11.1 Å². The van der Waals surface area contributed by atoms with E-state index in [1.807, 2.05) is 12.1 Å². The molecule has 1 aromatic heterocycles. The highest BCUT2D eigenvalue weighted by molar-refractivity contribution is 5.88. The molecule has 0 aliphatic carbocycles. The third-order valence-corrected chi connectivity index (χ3v) is 5.57. The van der Waals surface area contributed by atoms with Crippen LogP contribution in [0.3, 0.4) is 0 Å². The molecule has 0 amide bonds. The zero-order valence-corrected chi connectivity index (χ0v) is 18.2. The quantitative estimate of drug-likeness (QED) is 0.496. The van der Waals surface area contributed by atoms with Crippen LogP contribution in [0.15, 0.2) is 54.6 Å². The second kappa shape index (κ2) is 8.43. The van der Waals surface area contributed by atoms with Crippen LogP contribution in [0.1, 0.15) is 50.4 Å². The van der Waals surface area contributed by atoms with Gasteiger partial charge in [0.1, 0.15) is 5.82 Å². The highest BCUT2D eigenvalue weighted by atomic mass is 19.1. The van der Waals surface area contributed by atoms with E-state index in [1.54, 1.807) is 12.1 Å². The molecule has 0 radical (unpaired) electrons. The molecule has 2 nitrogen and oxygen atoms in total. The number of hydrogen-bond donors (Lipinski definition) is 1. The van der Waals surface area contributed by atoms with E-state index >= 15 is 0 Å². The molecular weight excluding hydrogens is 371 g/mol. The van der Waals surface area contributed by atoms with Gasteiger partial charge in [-0.15, -0.1) is 0 Å². The van der Waals surface area contributed by atoms with Gasteiger partial charge in [-0.05, 0) is 53.1 Å². The molecule has 0 atom stereocenters. The molecule has 0 unspecified atom stereocenters.